The average Bonchev–Trinajstić information content (AvgIpc) is 2.74. The number of alkyl halides is 3. The average molecular weight is 449 g/mol. The molecule has 0 amide bonds. The van der Waals surface area contributed by atoms with Crippen molar-refractivity contribution in [1.82, 2.24) is 4.72 Å². The van der Waals surface area contributed by atoms with Crippen molar-refractivity contribution in [3.63, 3.8) is 0 Å². The lowest BCUT2D eigenvalue weighted by molar-refractivity contribution is -0.138. The quantitative estimate of drug-likeness (QED) is 0.524. The van der Waals surface area contributed by atoms with Crippen LogP contribution in [0.3, 0.4) is 0 Å². The van der Waals surface area contributed by atoms with Crippen molar-refractivity contribution < 1.29 is 26.3 Å². The third-order valence-corrected chi connectivity index (χ3v) is 6.36. The highest BCUT2D eigenvalue weighted by Crippen LogP contribution is 2.40. The minimum absolute atomic E-state index is 0.0458. The zero-order valence-corrected chi connectivity index (χ0v) is 17.7. The van der Waals surface area contributed by atoms with Crippen LogP contribution in [-0.4, -0.2) is 15.5 Å². The number of aryl methyl sites for hydroxylation is 1. The Balaban J connectivity index is 2.15. The van der Waals surface area contributed by atoms with Crippen molar-refractivity contribution in [3.05, 3.63) is 101 Å². The first-order chi connectivity index (χ1) is 14.6. The van der Waals surface area contributed by atoms with Crippen LogP contribution in [0.5, 0.6) is 0 Å². The Morgan fingerprint density at radius 3 is 2.03 bits per heavy atom. The van der Waals surface area contributed by atoms with Crippen LogP contribution < -0.4 is 4.72 Å². The van der Waals surface area contributed by atoms with Gasteiger partial charge in [-0.3, -0.25) is 0 Å². The summed E-state index contributed by atoms with van der Waals surface area (Å²) in [6.07, 6.45) is -5.66. The molecule has 0 bridgehead atoms. The van der Waals surface area contributed by atoms with Crippen molar-refractivity contribution in [2.75, 3.05) is 7.11 Å². The number of hydrogen-bond donors (Lipinski definition) is 1. The normalized spacial score (nSPS) is 14.2. The van der Waals surface area contributed by atoms with Crippen LogP contribution in [0.15, 0.2) is 83.8 Å². The van der Waals surface area contributed by atoms with E-state index in [-0.39, 0.29) is 10.5 Å². The predicted molar refractivity (Wildman–Crippen MR) is 112 cm³/mol. The van der Waals surface area contributed by atoms with Gasteiger partial charge in [-0.2, -0.15) is 13.2 Å². The summed E-state index contributed by atoms with van der Waals surface area (Å²) < 4.78 is 75.4. The van der Waals surface area contributed by atoms with Gasteiger partial charge in [-0.15, -0.1) is 0 Å². The first kappa shape index (κ1) is 23.0. The fourth-order valence-corrected chi connectivity index (χ4v) is 4.59. The van der Waals surface area contributed by atoms with Gasteiger partial charge < -0.3 is 4.74 Å². The molecule has 1 N–H and O–H groups in total. The summed E-state index contributed by atoms with van der Waals surface area (Å²) in [6, 6.07) is 18.2. The van der Waals surface area contributed by atoms with Gasteiger partial charge in [-0.25, -0.2) is 13.1 Å². The van der Waals surface area contributed by atoms with E-state index in [1.165, 1.54) is 37.4 Å². The van der Waals surface area contributed by atoms with Crippen molar-refractivity contribution >= 4 is 10.0 Å². The minimum atomic E-state index is -4.67. The molecule has 0 saturated heterocycles. The van der Waals surface area contributed by atoms with Gasteiger partial charge in [0.2, 0.25) is 10.0 Å². The van der Waals surface area contributed by atoms with E-state index in [4.69, 9.17) is 4.74 Å². The van der Waals surface area contributed by atoms with E-state index >= 15 is 0 Å². The summed E-state index contributed by atoms with van der Waals surface area (Å²) in [7, 11) is -2.81. The molecule has 0 fully saturated rings. The van der Waals surface area contributed by atoms with Gasteiger partial charge in [0, 0.05) is 7.11 Å². The van der Waals surface area contributed by atoms with E-state index in [0.717, 1.165) is 11.6 Å². The van der Waals surface area contributed by atoms with Crippen molar-refractivity contribution in [2.24, 2.45) is 0 Å². The van der Waals surface area contributed by atoms with Crippen molar-refractivity contribution in [1.29, 1.82) is 0 Å². The smallest absolute Gasteiger partial charge is 0.375 e. The Morgan fingerprint density at radius 1 is 0.871 bits per heavy atom. The van der Waals surface area contributed by atoms with Gasteiger partial charge in [0.25, 0.3) is 0 Å². The number of rotatable bonds is 7. The Bertz CT molecular complexity index is 1110. The molecule has 2 atom stereocenters. The third-order valence-electron chi connectivity index (χ3n) is 4.90. The Morgan fingerprint density at radius 2 is 1.45 bits per heavy atom. The topological polar surface area (TPSA) is 55.4 Å². The van der Waals surface area contributed by atoms with Crippen LogP contribution in [0, 0.1) is 6.92 Å². The number of nitrogens with one attached hydrogen (secondary N) is 1. The maximum absolute atomic E-state index is 13.8. The second-order valence-corrected chi connectivity index (χ2v) is 8.78. The minimum Gasteiger partial charge on any atom is -0.375 e. The van der Waals surface area contributed by atoms with E-state index in [0.29, 0.717) is 5.56 Å². The molecule has 0 spiro atoms. The number of ether oxygens (including phenoxy) is 1. The molecule has 0 saturated carbocycles. The number of hydrogen-bond acceptors (Lipinski definition) is 3. The highest BCUT2D eigenvalue weighted by Gasteiger charge is 2.39. The third kappa shape index (κ3) is 5.33. The predicted octanol–water partition coefficient (Wildman–Crippen LogP) is 5.42. The number of halogens is 3. The van der Waals surface area contributed by atoms with E-state index < -0.39 is 33.9 Å². The highest BCUT2D eigenvalue weighted by atomic mass is 32.2. The molecule has 3 rings (SSSR count). The molecule has 0 aliphatic carbocycles. The molecule has 4 nitrogen and oxygen atoms in total. The Hall–Kier alpha value is -2.68. The number of sulfonamides is 1. The lowest BCUT2D eigenvalue weighted by Crippen LogP contribution is -2.34. The van der Waals surface area contributed by atoms with Gasteiger partial charge in [-0.05, 0) is 36.2 Å². The van der Waals surface area contributed by atoms with Crippen LogP contribution in [0.25, 0.3) is 0 Å². The van der Waals surface area contributed by atoms with Crippen LogP contribution >= 0.6 is 0 Å². The summed E-state index contributed by atoms with van der Waals surface area (Å²) in [6.45, 7) is 1.81. The van der Waals surface area contributed by atoms with Crippen molar-refractivity contribution in [2.45, 2.75) is 30.1 Å². The molecular formula is C23H22F3NO3S. The molecular weight excluding hydrogens is 427 g/mol. The largest absolute Gasteiger partial charge is 0.416 e. The van der Waals surface area contributed by atoms with E-state index in [2.05, 4.69) is 4.72 Å². The maximum Gasteiger partial charge on any atom is 0.416 e. The molecule has 3 aromatic carbocycles. The molecule has 0 aliphatic rings. The monoisotopic (exact) mass is 449 g/mol. The standard InChI is InChI=1S/C23H22F3NO3S/c1-16-12-14-18(15-13-16)31(28,29)27-21(22(30-2)17-8-4-3-5-9-17)19-10-6-7-11-20(19)23(24,25)26/h3-15,21-22,27H,1-2H3/t21-,22-/m0/s1. The van der Waals surface area contributed by atoms with Gasteiger partial charge >= 0.3 is 6.18 Å². The van der Waals surface area contributed by atoms with Gasteiger partial charge in [0.15, 0.2) is 0 Å². The molecule has 31 heavy (non-hydrogen) atoms. The fourth-order valence-electron chi connectivity index (χ4n) is 3.37. The fraction of sp³-hybridized carbons (Fsp3) is 0.217. The second kappa shape index (κ2) is 9.21. The van der Waals surface area contributed by atoms with E-state index in [1.807, 2.05) is 6.92 Å². The molecule has 0 aromatic heterocycles. The first-order valence-corrected chi connectivity index (χ1v) is 10.9. The summed E-state index contributed by atoms with van der Waals surface area (Å²) in [5, 5.41) is 0. The molecule has 164 valence electrons. The first-order valence-electron chi connectivity index (χ1n) is 9.46. The molecule has 0 aliphatic heterocycles. The summed E-state index contributed by atoms with van der Waals surface area (Å²) in [5.74, 6) is 0. The molecule has 3 aromatic rings. The van der Waals surface area contributed by atoms with Crippen molar-refractivity contribution in [3.8, 4) is 0 Å². The lowest BCUT2D eigenvalue weighted by Gasteiger charge is -2.29. The van der Waals surface area contributed by atoms with Gasteiger partial charge in [0.1, 0.15) is 6.10 Å². The summed E-state index contributed by atoms with van der Waals surface area (Å²) in [4.78, 5) is -0.0458. The molecule has 0 unspecified atom stereocenters. The second-order valence-electron chi connectivity index (χ2n) is 7.06. The van der Waals surface area contributed by atoms with Crippen LogP contribution in [0.1, 0.15) is 34.4 Å². The van der Waals surface area contributed by atoms with Gasteiger partial charge in [-0.1, -0.05) is 66.2 Å². The Kier molecular flexibility index (Phi) is 6.83. The summed E-state index contributed by atoms with van der Waals surface area (Å²) >= 11 is 0. The zero-order valence-electron chi connectivity index (χ0n) is 16.9. The van der Waals surface area contributed by atoms with Gasteiger partial charge in [0.05, 0.1) is 16.5 Å². The molecule has 8 heteroatoms. The lowest BCUT2D eigenvalue weighted by atomic mass is 9.92. The highest BCUT2D eigenvalue weighted by molar-refractivity contribution is 7.89. The number of benzene rings is 3. The van der Waals surface area contributed by atoms with Crippen LogP contribution in [0.2, 0.25) is 0 Å². The number of methoxy groups -OCH3 is 1. The molecule has 0 heterocycles. The summed E-state index contributed by atoms with van der Waals surface area (Å²) in [5.41, 5.74) is 0.251. The Labute approximate surface area is 179 Å². The van der Waals surface area contributed by atoms with Crippen LogP contribution in [-0.2, 0) is 20.9 Å². The zero-order chi connectivity index (χ0) is 22.6. The van der Waals surface area contributed by atoms with E-state index in [9.17, 15) is 21.6 Å². The van der Waals surface area contributed by atoms with E-state index in [1.54, 1.807) is 42.5 Å². The van der Waals surface area contributed by atoms with Crippen LogP contribution in [0.4, 0.5) is 13.2 Å². The maximum atomic E-state index is 13.8. The molecule has 0 radical (unpaired) electrons. The SMILES string of the molecule is CO[C@@H](c1ccccc1)[C@@H](NS(=O)(=O)c1ccc(C)cc1)c1ccccc1C(F)(F)F.